The normalized spacial score (nSPS) is 23.9. The minimum absolute atomic E-state index is 0.963. The van der Waals surface area contributed by atoms with E-state index in [0.717, 1.165) is 23.7 Å². The largest absolute Gasteiger partial charge is 0.0654 e. The molecule has 0 aliphatic heterocycles. The van der Waals surface area contributed by atoms with Crippen LogP contribution in [0.4, 0.5) is 0 Å². The monoisotopic (exact) mass is 514 g/mol. The molecule has 2 aliphatic rings. The molecule has 0 N–H and O–H groups in total. The Bertz CT molecular complexity index is 784. The second-order valence-corrected chi connectivity index (χ2v) is 13.2. The minimum atomic E-state index is 0.963. The Hall–Kier alpha value is -1.56. The number of aryl methyl sites for hydroxylation is 2. The van der Waals surface area contributed by atoms with Crippen LogP contribution in [-0.4, -0.2) is 0 Å². The zero-order valence-corrected chi connectivity index (χ0v) is 25.1. The molecule has 0 bridgehead atoms. The third-order valence-electron chi connectivity index (χ3n) is 10.3. The molecule has 4 rings (SSSR count). The van der Waals surface area contributed by atoms with Crippen molar-refractivity contribution in [1.29, 1.82) is 0 Å². The van der Waals surface area contributed by atoms with Crippen LogP contribution >= 0.6 is 0 Å². The van der Waals surface area contributed by atoms with Crippen LogP contribution in [0.3, 0.4) is 0 Å². The van der Waals surface area contributed by atoms with E-state index in [4.69, 9.17) is 0 Å². The van der Waals surface area contributed by atoms with E-state index >= 15 is 0 Å². The van der Waals surface area contributed by atoms with E-state index < -0.39 is 0 Å². The van der Waals surface area contributed by atoms with Gasteiger partial charge in [0.15, 0.2) is 0 Å². The summed E-state index contributed by atoms with van der Waals surface area (Å²) < 4.78 is 0. The average molecular weight is 515 g/mol. The van der Waals surface area contributed by atoms with Gasteiger partial charge >= 0.3 is 0 Å². The summed E-state index contributed by atoms with van der Waals surface area (Å²) in [6.45, 7) is 4.64. The number of unbranched alkanes of at least 4 members (excludes halogenated alkanes) is 4. The second kappa shape index (κ2) is 16.5. The lowest BCUT2D eigenvalue weighted by atomic mass is 9.77. The van der Waals surface area contributed by atoms with E-state index in [2.05, 4.69) is 62.4 Å². The Balaban J connectivity index is 1.14. The summed E-state index contributed by atoms with van der Waals surface area (Å²) in [4.78, 5) is 0. The van der Waals surface area contributed by atoms with Gasteiger partial charge in [0.1, 0.15) is 0 Å². The summed E-state index contributed by atoms with van der Waals surface area (Å²) in [7, 11) is 0. The highest BCUT2D eigenvalue weighted by molar-refractivity contribution is 5.64. The number of hydrogen-bond acceptors (Lipinski definition) is 0. The van der Waals surface area contributed by atoms with E-state index in [1.165, 1.54) is 151 Å². The third kappa shape index (κ3) is 9.88. The fraction of sp³-hybridized carbons (Fsp3) is 0.684. The maximum Gasteiger partial charge on any atom is -0.0184 e. The first kappa shape index (κ1) is 29.4. The lowest BCUT2D eigenvalue weighted by Crippen LogP contribution is -2.15. The molecule has 0 aromatic heterocycles. The zero-order chi connectivity index (χ0) is 26.4. The minimum Gasteiger partial charge on any atom is -0.0654 e. The first-order chi connectivity index (χ1) is 18.7. The molecule has 2 saturated carbocycles. The maximum atomic E-state index is 2.39. The van der Waals surface area contributed by atoms with Crippen LogP contribution in [0.1, 0.15) is 141 Å². The van der Waals surface area contributed by atoms with Gasteiger partial charge in [-0.2, -0.15) is 0 Å². The summed E-state index contributed by atoms with van der Waals surface area (Å²) in [5.41, 5.74) is 5.79. The highest BCUT2D eigenvalue weighted by Gasteiger charge is 2.21. The van der Waals surface area contributed by atoms with Crippen molar-refractivity contribution in [1.82, 2.24) is 0 Å². The summed E-state index contributed by atoms with van der Waals surface area (Å²) in [6.07, 6.45) is 28.6. The van der Waals surface area contributed by atoms with Gasteiger partial charge in [0.05, 0.1) is 0 Å². The van der Waals surface area contributed by atoms with Crippen molar-refractivity contribution in [3.8, 4) is 11.1 Å². The van der Waals surface area contributed by atoms with Crippen molar-refractivity contribution in [2.45, 2.75) is 142 Å². The van der Waals surface area contributed by atoms with Crippen LogP contribution < -0.4 is 0 Å². The molecular formula is C38H58. The van der Waals surface area contributed by atoms with E-state index in [0.29, 0.717) is 0 Å². The molecule has 2 aromatic rings. The van der Waals surface area contributed by atoms with Crippen molar-refractivity contribution in [2.75, 3.05) is 0 Å². The summed E-state index contributed by atoms with van der Waals surface area (Å²) in [5, 5.41) is 0. The predicted molar refractivity (Wildman–Crippen MR) is 168 cm³/mol. The van der Waals surface area contributed by atoms with Gasteiger partial charge in [-0.25, -0.2) is 0 Å². The molecule has 2 aromatic carbocycles. The number of rotatable bonds is 15. The Morgan fingerprint density at radius 1 is 0.421 bits per heavy atom. The molecule has 0 atom stereocenters. The smallest absolute Gasteiger partial charge is 0.0184 e. The molecule has 0 heteroatoms. The molecular weight excluding hydrogens is 456 g/mol. The SMILES string of the molecule is CCCCC[C@H]1CC[C@H](CCc2ccc(-c3ccc(CC[C@H]4CC[C@H](CCCCC)CC4)cc3)cc2)CC1. The van der Waals surface area contributed by atoms with E-state index in [-0.39, 0.29) is 0 Å². The van der Waals surface area contributed by atoms with E-state index in [1.807, 2.05) is 0 Å². The van der Waals surface area contributed by atoms with Gasteiger partial charge in [0.25, 0.3) is 0 Å². The highest BCUT2D eigenvalue weighted by atomic mass is 14.3. The molecule has 210 valence electrons. The predicted octanol–water partition coefficient (Wildman–Crippen LogP) is 12.0. The van der Waals surface area contributed by atoms with E-state index in [9.17, 15) is 0 Å². The van der Waals surface area contributed by atoms with Crippen LogP contribution in [0.25, 0.3) is 11.1 Å². The topological polar surface area (TPSA) is 0 Å². The van der Waals surface area contributed by atoms with E-state index in [1.54, 1.807) is 0 Å². The highest BCUT2D eigenvalue weighted by Crippen LogP contribution is 2.35. The average Bonchev–Trinajstić information content (AvgIpc) is 2.97. The lowest BCUT2D eigenvalue weighted by Gasteiger charge is -2.28. The van der Waals surface area contributed by atoms with Crippen LogP contribution in [0, 0.1) is 23.7 Å². The second-order valence-electron chi connectivity index (χ2n) is 13.2. The van der Waals surface area contributed by atoms with Crippen LogP contribution in [0.2, 0.25) is 0 Å². The van der Waals surface area contributed by atoms with Gasteiger partial charge in [-0.1, -0.05) is 165 Å². The fourth-order valence-electron chi connectivity index (χ4n) is 7.45. The Morgan fingerprint density at radius 2 is 0.737 bits per heavy atom. The molecule has 0 amide bonds. The number of benzene rings is 2. The standard InChI is InChI=1S/C38H58/c1-3-5-7-9-31-11-15-33(16-12-31)19-21-35-23-27-37(28-24-35)38-29-25-36(26-30-38)22-20-34-17-13-32(14-18-34)10-8-6-4-2/h23-34H,3-22H2,1-2H3/t31-,32-,33-,34-. The molecule has 2 aliphatic carbocycles. The van der Waals surface area contributed by atoms with Crippen molar-refractivity contribution in [3.05, 3.63) is 59.7 Å². The van der Waals surface area contributed by atoms with Gasteiger partial charge < -0.3 is 0 Å². The Kier molecular flexibility index (Phi) is 12.8. The third-order valence-corrected chi connectivity index (χ3v) is 10.3. The van der Waals surface area contributed by atoms with Crippen LogP contribution in [0.15, 0.2) is 48.5 Å². The molecule has 0 spiro atoms. The van der Waals surface area contributed by atoms with Crippen LogP contribution in [0.5, 0.6) is 0 Å². The molecule has 0 radical (unpaired) electrons. The van der Waals surface area contributed by atoms with Crippen molar-refractivity contribution < 1.29 is 0 Å². The molecule has 0 nitrogen and oxygen atoms in total. The zero-order valence-electron chi connectivity index (χ0n) is 25.1. The van der Waals surface area contributed by atoms with Gasteiger partial charge in [-0.3, -0.25) is 0 Å². The molecule has 0 saturated heterocycles. The summed E-state index contributed by atoms with van der Waals surface area (Å²) >= 11 is 0. The van der Waals surface area contributed by atoms with Gasteiger partial charge in [-0.15, -0.1) is 0 Å². The summed E-state index contributed by atoms with van der Waals surface area (Å²) in [6, 6.07) is 19.0. The van der Waals surface area contributed by atoms with Crippen molar-refractivity contribution in [3.63, 3.8) is 0 Å². The molecule has 0 heterocycles. The lowest BCUT2D eigenvalue weighted by molar-refractivity contribution is 0.249. The summed E-state index contributed by atoms with van der Waals surface area (Å²) in [5.74, 6) is 3.99. The van der Waals surface area contributed by atoms with Crippen molar-refractivity contribution >= 4 is 0 Å². The van der Waals surface area contributed by atoms with Gasteiger partial charge in [0, 0.05) is 0 Å². The Labute approximate surface area is 236 Å². The van der Waals surface area contributed by atoms with Gasteiger partial charge in [-0.05, 0) is 71.6 Å². The van der Waals surface area contributed by atoms with Crippen molar-refractivity contribution in [2.24, 2.45) is 23.7 Å². The van der Waals surface area contributed by atoms with Crippen LogP contribution in [-0.2, 0) is 12.8 Å². The molecule has 38 heavy (non-hydrogen) atoms. The fourth-order valence-corrected chi connectivity index (χ4v) is 7.45. The first-order valence-electron chi connectivity index (χ1n) is 16.9. The first-order valence-corrected chi connectivity index (χ1v) is 16.9. The molecule has 2 fully saturated rings. The molecule has 0 unspecified atom stereocenters. The Morgan fingerprint density at radius 3 is 1.05 bits per heavy atom. The maximum absolute atomic E-state index is 2.39. The number of hydrogen-bond donors (Lipinski definition) is 0. The van der Waals surface area contributed by atoms with Gasteiger partial charge in [0.2, 0.25) is 0 Å². The quantitative estimate of drug-likeness (QED) is 0.207.